The van der Waals surface area contributed by atoms with Gasteiger partial charge in [-0.1, -0.05) is 27.7 Å². The quantitative estimate of drug-likeness (QED) is 0.590. The smallest absolute Gasteiger partial charge is 0.305 e. The monoisotopic (exact) mass is 429 g/mol. The average Bonchev–Trinajstić information content (AvgIpc) is 3.23. The standard InChI is InChI=1S/C9H7BrFN3O.C8H14O3/c1-5-12-9(14(15)13-5)7-3-2-6(10)4-8(7)11;1-2-8(9)11-6-7-4-3-5-10-7/h2-4,15H,1H3;7H,2-6H2,1H3. The number of aromatic nitrogens is 3. The lowest BCUT2D eigenvalue weighted by Crippen LogP contribution is -2.17. The number of carbonyl (C=O) groups excluding carboxylic acids is 1. The Labute approximate surface area is 159 Å². The van der Waals surface area contributed by atoms with Crippen molar-refractivity contribution in [1.29, 1.82) is 0 Å². The van der Waals surface area contributed by atoms with Crippen LogP contribution >= 0.6 is 15.9 Å². The minimum atomic E-state index is -0.466. The van der Waals surface area contributed by atoms with E-state index >= 15 is 0 Å². The molecule has 1 aromatic carbocycles. The van der Waals surface area contributed by atoms with Crippen molar-refractivity contribution in [3.63, 3.8) is 0 Å². The molecule has 9 heteroatoms. The van der Waals surface area contributed by atoms with E-state index in [-0.39, 0.29) is 23.5 Å². The summed E-state index contributed by atoms with van der Waals surface area (Å²) in [7, 11) is 0. The summed E-state index contributed by atoms with van der Waals surface area (Å²) in [6.45, 7) is 4.66. The number of halogens is 2. The molecule has 1 aliphatic rings. The summed E-state index contributed by atoms with van der Waals surface area (Å²) in [5, 5.41) is 13.0. The Morgan fingerprint density at radius 3 is 2.85 bits per heavy atom. The minimum absolute atomic E-state index is 0.0949. The topological polar surface area (TPSA) is 86.5 Å². The van der Waals surface area contributed by atoms with Crippen molar-refractivity contribution in [2.75, 3.05) is 13.2 Å². The average molecular weight is 430 g/mol. The van der Waals surface area contributed by atoms with Gasteiger partial charge in [-0.15, -0.1) is 5.10 Å². The summed E-state index contributed by atoms with van der Waals surface area (Å²) >= 11 is 3.15. The zero-order chi connectivity index (χ0) is 19.1. The van der Waals surface area contributed by atoms with E-state index < -0.39 is 5.82 Å². The molecular weight excluding hydrogens is 409 g/mol. The van der Waals surface area contributed by atoms with Crippen LogP contribution in [0.1, 0.15) is 32.0 Å². The molecule has 26 heavy (non-hydrogen) atoms. The first kappa shape index (κ1) is 20.3. The molecule has 1 fully saturated rings. The molecule has 2 heterocycles. The third-order valence-corrected chi connectivity index (χ3v) is 4.10. The first-order valence-corrected chi connectivity index (χ1v) is 9.05. The Kier molecular flexibility index (Phi) is 7.52. The van der Waals surface area contributed by atoms with Crippen LogP contribution in [0.15, 0.2) is 22.7 Å². The highest BCUT2D eigenvalue weighted by Gasteiger charge is 2.16. The van der Waals surface area contributed by atoms with E-state index in [1.165, 1.54) is 12.1 Å². The fourth-order valence-electron chi connectivity index (χ4n) is 2.31. The first-order valence-electron chi connectivity index (χ1n) is 8.26. The maximum Gasteiger partial charge on any atom is 0.305 e. The Bertz CT molecular complexity index is 748. The van der Waals surface area contributed by atoms with Crippen LogP contribution in [0.4, 0.5) is 4.39 Å². The van der Waals surface area contributed by atoms with Crippen LogP contribution in [0.25, 0.3) is 11.4 Å². The van der Waals surface area contributed by atoms with Gasteiger partial charge in [-0.3, -0.25) is 4.79 Å². The maximum atomic E-state index is 13.5. The first-order chi connectivity index (χ1) is 12.4. The normalized spacial score (nSPS) is 16.1. The van der Waals surface area contributed by atoms with Crippen LogP contribution < -0.4 is 0 Å². The molecule has 7 nitrogen and oxygen atoms in total. The van der Waals surface area contributed by atoms with E-state index in [1.54, 1.807) is 19.9 Å². The number of aryl methyl sites for hydroxylation is 1. The second kappa shape index (κ2) is 9.63. The SMILES string of the molecule is CCC(=O)OCC1CCCO1.Cc1nc(-c2ccc(Br)cc2F)n(O)n1. The van der Waals surface area contributed by atoms with E-state index in [4.69, 9.17) is 9.47 Å². The Morgan fingerprint density at radius 1 is 1.54 bits per heavy atom. The molecule has 0 spiro atoms. The van der Waals surface area contributed by atoms with Gasteiger partial charge in [0.25, 0.3) is 0 Å². The number of esters is 1. The summed E-state index contributed by atoms with van der Waals surface area (Å²) in [5.41, 5.74) is 0.210. The molecule has 1 aromatic heterocycles. The molecule has 3 rings (SSSR count). The predicted molar refractivity (Wildman–Crippen MR) is 95.3 cm³/mol. The third-order valence-electron chi connectivity index (χ3n) is 3.61. The van der Waals surface area contributed by atoms with Gasteiger partial charge >= 0.3 is 5.97 Å². The van der Waals surface area contributed by atoms with Crippen molar-refractivity contribution in [3.05, 3.63) is 34.3 Å². The summed E-state index contributed by atoms with van der Waals surface area (Å²) in [5.74, 6) is -0.125. The number of hydrogen-bond donors (Lipinski definition) is 1. The molecular formula is C17H21BrFN3O4. The van der Waals surface area contributed by atoms with Gasteiger partial charge in [0.1, 0.15) is 12.4 Å². The van der Waals surface area contributed by atoms with Crippen molar-refractivity contribution < 1.29 is 23.9 Å². The molecule has 2 aromatic rings. The highest BCUT2D eigenvalue weighted by molar-refractivity contribution is 9.10. The Hall–Kier alpha value is -2.00. The zero-order valence-corrected chi connectivity index (χ0v) is 16.2. The van der Waals surface area contributed by atoms with Crippen LogP contribution in [0, 0.1) is 12.7 Å². The van der Waals surface area contributed by atoms with Crippen molar-refractivity contribution in [2.45, 2.75) is 39.2 Å². The second-order valence-electron chi connectivity index (χ2n) is 5.67. The van der Waals surface area contributed by atoms with E-state index in [0.29, 0.717) is 28.2 Å². The van der Waals surface area contributed by atoms with Crippen LogP contribution in [0.2, 0.25) is 0 Å². The number of hydrogen-bond acceptors (Lipinski definition) is 6. The van der Waals surface area contributed by atoms with Crippen molar-refractivity contribution in [2.24, 2.45) is 0 Å². The van der Waals surface area contributed by atoms with E-state index in [1.807, 2.05) is 0 Å². The van der Waals surface area contributed by atoms with Crippen LogP contribution in [-0.2, 0) is 14.3 Å². The maximum absolute atomic E-state index is 13.5. The fraction of sp³-hybridized carbons (Fsp3) is 0.471. The van der Waals surface area contributed by atoms with Gasteiger partial charge in [0.15, 0.2) is 5.82 Å². The number of nitrogens with zero attached hydrogens (tertiary/aromatic N) is 3. The molecule has 1 N–H and O–H groups in total. The lowest BCUT2D eigenvalue weighted by molar-refractivity contribution is -0.146. The zero-order valence-electron chi connectivity index (χ0n) is 14.6. The number of ether oxygens (including phenoxy) is 2. The van der Waals surface area contributed by atoms with Gasteiger partial charge < -0.3 is 14.7 Å². The lowest BCUT2D eigenvalue weighted by Gasteiger charge is -2.08. The number of benzene rings is 1. The van der Waals surface area contributed by atoms with Crippen molar-refractivity contribution in [3.8, 4) is 11.4 Å². The molecule has 1 aliphatic heterocycles. The molecule has 1 unspecified atom stereocenters. The largest absolute Gasteiger partial charge is 0.463 e. The van der Waals surface area contributed by atoms with E-state index in [9.17, 15) is 14.4 Å². The minimum Gasteiger partial charge on any atom is -0.463 e. The summed E-state index contributed by atoms with van der Waals surface area (Å²) in [4.78, 5) is 15.2. The van der Waals surface area contributed by atoms with Crippen molar-refractivity contribution in [1.82, 2.24) is 14.9 Å². The lowest BCUT2D eigenvalue weighted by atomic mass is 10.2. The summed E-state index contributed by atoms with van der Waals surface area (Å²) in [6, 6.07) is 4.50. The van der Waals surface area contributed by atoms with Crippen LogP contribution in [-0.4, -0.2) is 45.4 Å². The predicted octanol–water partition coefficient (Wildman–Crippen LogP) is 3.51. The van der Waals surface area contributed by atoms with E-state index in [0.717, 1.165) is 19.4 Å². The van der Waals surface area contributed by atoms with Gasteiger partial charge in [0.05, 0.1) is 11.7 Å². The summed E-state index contributed by atoms with van der Waals surface area (Å²) in [6.07, 6.45) is 2.73. The number of rotatable bonds is 4. The fourth-order valence-corrected chi connectivity index (χ4v) is 2.64. The molecule has 0 radical (unpaired) electrons. The van der Waals surface area contributed by atoms with Gasteiger partial charge in [-0.2, -0.15) is 0 Å². The van der Waals surface area contributed by atoms with Gasteiger partial charge in [0.2, 0.25) is 5.82 Å². The van der Waals surface area contributed by atoms with Gasteiger partial charge in [0, 0.05) is 17.5 Å². The highest BCUT2D eigenvalue weighted by Crippen LogP contribution is 2.23. The molecule has 1 saturated heterocycles. The molecule has 1 atom stereocenters. The number of carbonyl (C=O) groups is 1. The summed E-state index contributed by atoms with van der Waals surface area (Å²) < 4.78 is 24.3. The van der Waals surface area contributed by atoms with Crippen LogP contribution in [0.5, 0.6) is 0 Å². The van der Waals surface area contributed by atoms with Gasteiger partial charge in [-0.05, 0) is 38.0 Å². The molecule has 142 valence electrons. The van der Waals surface area contributed by atoms with Crippen LogP contribution in [0.3, 0.4) is 0 Å². The highest BCUT2D eigenvalue weighted by atomic mass is 79.9. The van der Waals surface area contributed by atoms with Gasteiger partial charge in [-0.25, -0.2) is 9.37 Å². The molecule has 0 amide bonds. The molecule has 0 aliphatic carbocycles. The van der Waals surface area contributed by atoms with E-state index in [2.05, 4.69) is 26.0 Å². The second-order valence-corrected chi connectivity index (χ2v) is 6.58. The Morgan fingerprint density at radius 2 is 2.31 bits per heavy atom. The van der Waals surface area contributed by atoms with Crippen molar-refractivity contribution >= 4 is 21.9 Å². The third kappa shape index (κ3) is 5.77. The molecule has 0 saturated carbocycles. The molecule has 0 bridgehead atoms. The Balaban J connectivity index is 0.000000197.